The van der Waals surface area contributed by atoms with Gasteiger partial charge < -0.3 is 16.8 Å². The summed E-state index contributed by atoms with van der Waals surface area (Å²) in [5.74, 6) is -0.434. The van der Waals surface area contributed by atoms with Crippen LogP contribution in [0.15, 0.2) is 55.0 Å². The Labute approximate surface area is 195 Å². The van der Waals surface area contributed by atoms with Gasteiger partial charge in [-0.2, -0.15) is 5.26 Å². The Balaban J connectivity index is 1.56. The summed E-state index contributed by atoms with van der Waals surface area (Å²) in [6, 6.07) is 12.3. The maximum Gasteiger partial charge on any atom is 0.251 e. The predicted octanol–water partition coefficient (Wildman–Crippen LogP) is 2.41. The monoisotopic (exact) mass is 451 g/mol. The molecule has 0 atom stereocenters. The molecule has 0 saturated carbocycles. The lowest BCUT2D eigenvalue weighted by molar-refractivity contribution is 0.0949. The fraction of sp³-hybridized carbons (Fsp3) is 0.120. The minimum atomic E-state index is -0.613. The molecule has 3 aromatic heterocycles. The van der Waals surface area contributed by atoms with Gasteiger partial charge in [0.2, 0.25) is 0 Å². The summed E-state index contributed by atoms with van der Waals surface area (Å²) in [6.07, 6.45) is 4.96. The summed E-state index contributed by atoms with van der Waals surface area (Å²) >= 11 is 0. The van der Waals surface area contributed by atoms with E-state index < -0.39 is 5.91 Å². The van der Waals surface area contributed by atoms with Crippen LogP contribution in [0.25, 0.3) is 10.9 Å². The lowest BCUT2D eigenvalue weighted by Crippen LogP contribution is -2.23. The Morgan fingerprint density at radius 1 is 1.09 bits per heavy atom. The average molecular weight is 451 g/mol. The molecule has 9 heteroatoms. The molecule has 4 rings (SSSR count). The highest BCUT2D eigenvalue weighted by Crippen LogP contribution is 2.22. The molecule has 34 heavy (non-hydrogen) atoms. The second-order valence-corrected chi connectivity index (χ2v) is 7.85. The van der Waals surface area contributed by atoms with Gasteiger partial charge in [0.05, 0.1) is 16.6 Å². The summed E-state index contributed by atoms with van der Waals surface area (Å²) in [4.78, 5) is 37.3. The molecule has 0 saturated heterocycles. The van der Waals surface area contributed by atoms with Gasteiger partial charge in [0, 0.05) is 48.2 Å². The van der Waals surface area contributed by atoms with Gasteiger partial charge in [0.15, 0.2) is 0 Å². The van der Waals surface area contributed by atoms with Crippen molar-refractivity contribution in [2.45, 2.75) is 19.9 Å². The Morgan fingerprint density at radius 3 is 2.65 bits per heavy atom. The fourth-order valence-corrected chi connectivity index (χ4v) is 3.66. The van der Waals surface area contributed by atoms with Gasteiger partial charge in [-0.25, -0.2) is 4.98 Å². The van der Waals surface area contributed by atoms with Gasteiger partial charge in [0.1, 0.15) is 11.9 Å². The van der Waals surface area contributed by atoms with E-state index in [1.807, 2.05) is 19.1 Å². The van der Waals surface area contributed by atoms with Crippen LogP contribution in [0.1, 0.15) is 48.7 Å². The van der Waals surface area contributed by atoms with Crippen LogP contribution in [0.4, 0.5) is 5.82 Å². The standard InChI is InChI=1S/C25H21N7O2/c1-14-4-22(27)30-12-19(14)13-32-25(34)17-2-3-29-20(9-17)7-15-5-18-6-16(10-26)11-31-23(18)21(8-15)24(28)33/h2-6,8-9,11-12H,7,13H2,1H3,(H2,27,30)(H2,28,33)(H,32,34). The number of hydrogen-bond acceptors (Lipinski definition) is 7. The van der Waals surface area contributed by atoms with Crippen molar-refractivity contribution in [2.75, 3.05) is 5.73 Å². The molecule has 0 aliphatic carbocycles. The van der Waals surface area contributed by atoms with Crippen molar-refractivity contribution in [2.24, 2.45) is 5.73 Å². The molecule has 9 nitrogen and oxygen atoms in total. The Morgan fingerprint density at radius 2 is 1.91 bits per heavy atom. The summed E-state index contributed by atoms with van der Waals surface area (Å²) in [6.45, 7) is 2.22. The smallest absolute Gasteiger partial charge is 0.251 e. The summed E-state index contributed by atoms with van der Waals surface area (Å²) < 4.78 is 0. The Bertz CT molecular complexity index is 1470. The predicted molar refractivity (Wildman–Crippen MR) is 127 cm³/mol. The van der Waals surface area contributed by atoms with Crippen LogP contribution < -0.4 is 16.8 Å². The number of nitrogen functional groups attached to an aromatic ring is 1. The maximum atomic E-state index is 12.7. The van der Waals surface area contributed by atoms with E-state index in [1.54, 1.807) is 42.7 Å². The van der Waals surface area contributed by atoms with Crippen molar-refractivity contribution in [3.8, 4) is 6.07 Å². The van der Waals surface area contributed by atoms with Crippen LogP contribution in [0.3, 0.4) is 0 Å². The van der Waals surface area contributed by atoms with E-state index >= 15 is 0 Å². The van der Waals surface area contributed by atoms with Gasteiger partial charge in [-0.05, 0) is 60.0 Å². The molecule has 5 N–H and O–H groups in total. The van der Waals surface area contributed by atoms with E-state index in [2.05, 4.69) is 20.3 Å². The number of benzene rings is 1. The first-order valence-electron chi connectivity index (χ1n) is 10.4. The average Bonchev–Trinajstić information content (AvgIpc) is 2.82. The lowest BCUT2D eigenvalue weighted by atomic mass is 10.00. The van der Waals surface area contributed by atoms with Crippen molar-refractivity contribution in [1.82, 2.24) is 20.3 Å². The molecule has 0 bridgehead atoms. The number of aromatic nitrogens is 3. The number of hydrogen-bond donors (Lipinski definition) is 3. The summed E-state index contributed by atoms with van der Waals surface area (Å²) in [7, 11) is 0. The minimum Gasteiger partial charge on any atom is -0.384 e. The third-order valence-electron chi connectivity index (χ3n) is 5.38. The molecule has 0 aliphatic rings. The molecule has 0 spiro atoms. The number of nitrogens with two attached hydrogens (primary N) is 2. The molecular weight excluding hydrogens is 430 g/mol. The molecule has 0 aliphatic heterocycles. The highest BCUT2D eigenvalue weighted by molar-refractivity contribution is 6.05. The first-order valence-corrected chi connectivity index (χ1v) is 10.4. The third-order valence-corrected chi connectivity index (χ3v) is 5.38. The van der Waals surface area contributed by atoms with E-state index in [1.165, 1.54) is 6.20 Å². The first kappa shape index (κ1) is 22.4. The van der Waals surface area contributed by atoms with Crippen molar-refractivity contribution in [3.05, 3.63) is 94.1 Å². The fourth-order valence-electron chi connectivity index (χ4n) is 3.66. The van der Waals surface area contributed by atoms with E-state index in [0.717, 1.165) is 16.7 Å². The van der Waals surface area contributed by atoms with Crippen molar-refractivity contribution < 1.29 is 9.59 Å². The van der Waals surface area contributed by atoms with E-state index in [9.17, 15) is 9.59 Å². The zero-order valence-electron chi connectivity index (χ0n) is 18.4. The molecular formula is C25H21N7O2. The van der Waals surface area contributed by atoms with Crippen LogP contribution in [-0.4, -0.2) is 26.8 Å². The number of anilines is 1. The summed E-state index contributed by atoms with van der Waals surface area (Å²) in [5, 5.41) is 12.7. The lowest BCUT2D eigenvalue weighted by Gasteiger charge is -2.10. The number of nitrogens with one attached hydrogen (secondary N) is 1. The molecule has 0 unspecified atom stereocenters. The van der Waals surface area contributed by atoms with Crippen LogP contribution in [-0.2, 0) is 13.0 Å². The van der Waals surface area contributed by atoms with Gasteiger partial charge in [-0.1, -0.05) is 0 Å². The van der Waals surface area contributed by atoms with Crippen molar-refractivity contribution >= 4 is 28.5 Å². The number of primary amides is 1. The maximum absolute atomic E-state index is 12.7. The van der Waals surface area contributed by atoms with Crippen LogP contribution in [0.5, 0.6) is 0 Å². The van der Waals surface area contributed by atoms with Gasteiger partial charge in [-0.3, -0.25) is 19.6 Å². The molecule has 1 aromatic carbocycles. The molecule has 0 fully saturated rings. The molecule has 4 aromatic rings. The van der Waals surface area contributed by atoms with Crippen LogP contribution in [0, 0.1) is 18.3 Å². The van der Waals surface area contributed by atoms with E-state index in [0.29, 0.717) is 46.5 Å². The number of amides is 2. The highest BCUT2D eigenvalue weighted by Gasteiger charge is 2.13. The van der Waals surface area contributed by atoms with E-state index in [4.69, 9.17) is 16.7 Å². The SMILES string of the molecule is Cc1cc(N)ncc1CNC(=O)c1ccnc(Cc2cc(C(N)=O)c3ncc(C#N)cc3c2)c1. The number of carbonyl (C=O) groups excluding carboxylic acids is 2. The minimum absolute atomic E-state index is 0.251. The molecule has 3 heterocycles. The normalized spacial score (nSPS) is 10.6. The summed E-state index contributed by atoms with van der Waals surface area (Å²) in [5.41, 5.74) is 16.0. The quantitative estimate of drug-likeness (QED) is 0.405. The molecule has 168 valence electrons. The number of nitriles is 1. The Hall–Kier alpha value is -4.84. The van der Waals surface area contributed by atoms with Gasteiger partial charge in [0.25, 0.3) is 11.8 Å². The van der Waals surface area contributed by atoms with Gasteiger partial charge >= 0.3 is 0 Å². The van der Waals surface area contributed by atoms with Crippen LogP contribution >= 0.6 is 0 Å². The number of fused-ring (bicyclic) bond motifs is 1. The second-order valence-electron chi connectivity index (χ2n) is 7.85. The van der Waals surface area contributed by atoms with Crippen molar-refractivity contribution in [3.63, 3.8) is 0 Å². The number of pyridine rings is 3. The number of aryl methyl sites for hydroxylation is 1. The topological polar surface area (TPSA) is 161 Å². The largest absolute Gasteiger partial charge is 0.384 e. The zero-order valence-corrected chi connectivity index (χ0v) is 18.4. The first-order chi connectivity index (χ1) is 16.3. The number of rotatable bonds is 6. The third kappa shape index (κ3) is 4.81. The molecule has 2 amide bonds. The van der Waals surface area contributed by atoms with Gasteiger partial charge in [-0.15, -0.1) is 0 Å². The molecule has 0 radical (unpaired) electrons. The zero-order chi connectivity index (χ0) is 24.2. The van der Waals surface area contributed by atoms with Crippen molar-refractivity contribution in [1.29, 1.82) is 5.26 Å². The number of nitrogens with zero attached hydrogens (tertiary/aromatic N) is 4. The Kier molecular flexibility index (Phi) is 6.14. The second kappa shape index (κ2) is 9.34. The highest BCUT2D eigenvalue weighted by atomic mass is 16.2. The number of carbonyl (C=O) groups is 2. The van der Waals surface area contributed by atoms with Crippen LogP contribution in [0.2, 0.25) is 0 Å². The van der Waals surface area contributed by atoms with E-state index in [-0.39, 0.29) is 11.5 Å².